The number of nitrogens with one attached hydrogen (secondary N) is 1. The summed E-state index contributed by atoms with van der Waals surface area (Å²) >= 11 is 1.29. The van der Waals surface area contributed by atoms with E-state index in [1.807, 2.05) is 43.5 Å². The van der Waals surface area contributed by atoms with Gasteiger partial charge in [0.2, 0.25) is 5.91 Å². The van der Waals surface area contributed by atoms with Crippen molar-refractivity contribution >= 4 is 29.3 Å². The summed E-state index contributed by atoms with van der Waals surface area (Å²) in [7, 11) is 1.60. The number of benzene rings is 2. The standard InChI is InChI=1S/C24H28N4O5S/c1-14(2)28-21(15(3)33-20-8-6-7-19(13-20)32-5)26-27-24(28)34-16(4)22(29)25-18-11-9-17(10-12-18)23(30)31/h6-16H,1-5H3,(H,25,29)(H,30,31). The molecule has 0 saturated heterocycles. The number of ether oxygens (including phenoxy) is 2. The Kier molecular flexibility index (Phi) is 8.17. The molecule has 9 nitrogen and oxygen atoms in total. The van der Waals surface area contributed by atoms with Crippen molar-refractivity contribution in [1.29, 1.82) is 0 Å². The lowest BCUT2D eigenvalue weighted by atomic mass is 10.2. The summed E-state index contributed by atoms with van der Waals surface area (Å²) in [4.78, 5) is 23.7. The normalized spacial score (nSPS) is 12.8. The summed E-state index contributed by atoms with van der Waals surface area (Å²) in [6.07, 6.45) is -0.381. The first kappa shape index (κ1) is 25.1. The number of aromatic carboxylic acids is 1. The number of rotatable bonds is 10. The highest BCUT2D eigenvalue weighted by Gasteiger charge is 2.25. The molecular formula is C24H28N4O5S. The number of nitrogens with zero attached hydrogens (tertiary/aromatic N) is 3. The number of hydrogen-bond donors (Lipinski definition) is 2. The molecule has 10 heteroatoms. The van der Waals surface area contributed by atoms with E-state index in [-0.39, 0.29) is 23.6 Å². The lowest BCUT2D eigenvalue weighted by Crippen LogP contribution is -2.23. The maximum absolute atomic E-state index is 12.7. The molecule has 0 saturated carbocycles. The molecule has 0 radical (unpaired) electrons. The van der Waals surface area contributed by atoms with Gasteiger partial charge in [-0.25, -0.2) is 4.79 Å². The van der Waals surface area contributed by atoms with Crippen LogP contribution in [0.5, 0.6) is 11.5 Å². The molecule has 2 aromatic carbocycles. The maximum atomic E-state index is 12.7. The molecule has 2 N–H and O–H groups in total. The first-order valence-corrected chi connectivity index (χ1v) is 11.6. The van der Waals surface area contributed by atoms with Crippen LogP contribution in [0.15, 0.2) is 53.7 Å². The SMILES string of the molecule is COc1cccc(OC(C)c2nnc(SC(C)C(=O)Nc3ccc(C(=O)O)cc3)n2C(C)C)c1. The maximum Gasteiger partial charge on any atom is 0.335 e. The third-order valence-corrected chi connectivity index (χ3v) is 6.03. The van der Waals surface area contributed by atoms with Crippen LogP contribution in [0.1, 0.15) is 56.0 Å². The number of methoxy groups -OCH3 is 1. The molecule has 0 fully saturated rings. The highest BCUT2D eigenvalue weighted by Crippen LogP contribution is 2.31. The topological polar surface area (TPSA) is 116 Å². The summed E-state index contributed by atoms with van der Waals surface area (Å²) in [5, 5.41) is 20.6. The number of carbonyl (C=O) groups excluding carboxylic acids is 1. The smallest absolute Gasteiger partial charge is 0.335 e. The van der Waals surface area contributed by atoms with E-state index in [1.54, 1.807) is 32.2 Å². The van der Waals surface area contributed by atoms with Gasteiger partial charge in [-0.05, 0) is 64.1 Å². The molecule has 0 aliphatic heterocycles. The molecule has 1 amide bonds. The van der Waals surface area contributed by atoms with E-state index >= 15 is 0 Å². The van der Waals surface area contributed by atoms with Crippen molar-refractivity contribution < 1.29 is 24.2 Å². The van der Waals surface area contributed by atoms with Crippen molar-refractivity contribution in [2.75, 3.05) is 12.4 Å². The van der Waals surface area contributed by atoms with Crippen molar-refractivity contribution in [1.82, 2.24) is 14.8 Å². The average Bonchev–Trinajstić information content (AvgIpc) is 3.23. The Morgan fingerprint density at radius 2 is 1.71 bits per heavy atom. The molecular weight excluding hydrogens is 456 g/mol. The van der Waals surface area contributed by atoms with Crippen LogP contribution in [-0.2, 0) is 4.79 Å². The van der Waals surface area contributed by atoms with Crippen LogP contribution in [0.2, 0.25) is 0 Å². The van der Waals surface area contributed by atoms with Gasteiger partial charge in [0.1, 0.15) is 11.5 Å². The molecule has 2 unspecified atom stereocenters. The zero-order chi connectivity index (χ0) is 24.8. The van der Waals surface area contributed by atoms with Crippen LogP contribution in [0, 0.1) is 0 Å². The van der Waals surface area contributed by atoms with E-state index in [4.69, 9.17) is 14.6 Å². The van der Waals surface area contributed by atoms with Crippen LogP contribution in [-0.4, -0.2) is 44.1 Å². The fourth-order valence-corrected chi connectivity index (χ4v) is 4.20. The van der Waals surface area contributed by atoms with Gasteiger partial charge in [-0.1, -0.05) is 17.8 Å². The molecule has 2 atom stereocenters. The molecule has 0 bridgehead atoms. The third kappa shape index (κ3) is 6.07. The van der Waals surface area contributed by atoms with Crippen LogP contribution in [0.25, 0.3) is 0 Å². The Labute approximate surface area is 202 Å². The van der Waals surface area contributed by atoms with Gasteiger partial charge < -0.3 is 24.5 Å². The molecule has 0 aliphatic rings. The van der Waals surface area contributed by atoms with Gasteiger partial charge in [0.15, 0.2) is 17.1 Å². The van der Waals surface area contributed by atoms with E-state index in [2.05, 4.69) is 15.5 Å². The molecule has 3 aromatic rings. The molecule has 34 heavy (non-hydrogen) atoms. The molecule has 3 rings (SSSR count). The minimum Gasteiger partial charge on any atom is -0.497 e. The summed E-state index contributed by atoms with van der Waals surface area (Å²) in [6, 6.07) is 13.4. The zero-order valence-corrected chi connectivity index (χ0v) is 20.5. The monoisotopic (exact) mass is 484 g/mol. The number of hydrogen-bond acceptors (Lipinski definition) is 7. The van der Waals surface area contributed by atoms with Gasteiger partial charge in [0, 0.05) is 17.8 Å². The lowest BCUT2D eigenvalue weighted by Gasteiger charge is -2.20. The molecule has 1 heterocycles. The second-order valence-electron chi connectivity index (χ2n) is 7.88. The van der Waals surface area contributed by atoms with Gasteiger partial charge in [-0.2, -0.15) is 0 Å². The number of thioether (sulfide) groups is 1. The van der Waals surface area contributed by atoms with Gasteiger partial charge in [-0.3, -0.25) is 4.79 Å². The van der Waals surface area contributed by atoms with Crippen molar-refractivity contribution in [3.63, 3.8) is 0 Å². The van der Waals surface area contributed by atoms with Gasteiger partial charge in [-0.15, -0.1) is 10.2 Å². The van der Waals surface area contributed by atoms with E-state index in [9.17, 15) is 9.59 Å². The van der Waals surface area contributed by atoms with Crippen LogP contribution < -0.4 is 14.8 Å². The highest BCUT2D eigenvalue weighted by molar-refractivity contribution is 8.00. The molecule has 180 valence electrons. The van der Waals surface area contributed by atoms with E-state index in [0.717, 1.165) is 0 Å². The van der Waals surface area contributed by atoms with Gasteiger partial charge in [0.25, 0.3) is 0 Å². The minimum absolute atomic E-state index is 0.0442. The second kappa shape index (κ2) is 11.1. The Hall–Kier alpha value is -3.53. The number of anilines is 1. The van der Waals surface area contributed by atoms with Crippen LogP contribution in [0.3, 0.4) is 0 Å². The summed E-state index contributed by atoms with van der Waals surface area (Å²) in [5.41, 5.74) is 0.678. The summed E-state index contributed by atoms with van der Waals surface area (Å²) in [5.74, 6) is 0.755. The van der Waals surface area contributed by atoms with Crippen molar-refractivity contribution in [3.8, 4) is 11.5 Å². The Bertz CT molecular complexity index is 1150. The predicted octanol–water partition coefficient (Wildman–Crippen LogP) is 4.83. The summed E-state index contributed by atoms with van der Waals surface area (Å²) in [6.45, 7) is 7.71. The van der Waals surface area contributed by atoms with Crippen LogP contribution >= 0.6 is 11.8 Å². The fraction of sp³-hybridized carbons (Fsp3) is 0.333. The van der Waals surface area contributed by atoms with Gasteiger partial charge >= 0.3 is 5.97 Å². The van der Waals surface area contributed by atoms with E-state index in [0.29, 0.717) is 28.2 Å². The number of carboxylic acid groups (broad SMARTS) is 1. The number of amides is 1. The van der Waals surface area contributed by atoms with Crippen LogP contribution in [0.4, 0.5) is 5.69 Å². The predicted molar refractivity (Wildman–Crippen MR) is 130 cm³/mol. The average molecular weight is 485 g/mol. The number of carboxylic acids is 1. The quantitative estimate of drug-likeness (QED) is 0.393. The van der Waals surface area contributed by atoms with Crippen molar-refractivity contribution in [3.05, 3.63) is 59.9 Å². The minimum atomic E-state index is -1.02. The fourth-order valence-electron chi connectivity index (χ4n) is 3.21. The molecule has 0 spiro atoms. The van der Waals surface area contributed by atoms with E-state index in [1.165, 1.54) is 23.9 Å². The summed E-state index contributed by atoms with van der Waals surface area (Å²) < 4.78 is 13.3. The molecule has 1 aromatic heterocycles. The van der Waals surface area contributed by atoms with E-state index < -0.39 is 11.2 Å². The van der Waals surface area contributed by atoms with Gasteiger partial charge in [0.05, 0.1) is 17.9 Å². The Morgan fingerprint density at radius 1 is 1.03 bits per heavy atom. The first-order chi connectivity index (χ1) is 16.2. The number of aromatic nitrogens is 3. The lowest BCUT2D eigenvalue weighted by molar-refractivity contribution is -0.115. The van der Waals surface area contributed by atoms with Crippen molar-refractivity contribution in [2.45, 2.75) is 50.2 Å². The largest absolute Gasteiger partial charge is 0.497 e. The highest BCUT2D eigenvalue weighted by atomic mass is 32.2. The molecule has 0 aliphatic carbocycles. The first-order valence-electron chi connectivity index (χ1n) is 10.8. The Balaban J connectivity index is 1.71. The second-order valence-corrected chi connectivity index (χ2v) is 9.18. The van der Waals surface area contributed by atoms with Crippen molar-refractivity contribution in [2.24, 2.45) is 0 Å². The zero-order valence-electron chi connectivity index (χ0n) is 19.7. The third-order valence-electron chi connectivity index (χ3n) is 4.98. The Morgan fingerprint density at radius 3 is 2.32 bits per heavy atom. The number of carbonyl (C=O) groups is 2.